The summed E-state index contributed by atoms with van der Waals surface area (Å²) in [5.74, 6) is 0. The maximum absolute atomic E-state index is 13.2. The number of hydrogen-bond donors (Lipinski definition) is 0. The highest BCUT2D eigenvalue weighted by molar-refractivity contribution is 7.67. The summed E-state index contributed by atoms with van der Waals surface area (Å²) >= 11 is 0. The summed E-state index contributed by atoms with van der Waals surface area (Å²) in [6.45, 7) is 6.05. The van der Waals surface area contributed by atoms with Gasteiger partial charge in [-0.05, 0) is 54.9 Å². The van der Waals surface area contributed by atoms with Crippen LogP contribution in [0.5, 0.6) is 0 Å². The van der Waals surface area contributed by atoms with Crippen molar-refractivity contribution in [3.8, 4) is 11.1 Å². The van der Waals surface area contributed by atoms with E-state index in [1.54, 1.807) is 20.8 Å². The Morgan fingerprint density at radius 2 is 1.45 bits per heavy atom. The van der Waals surface area contributed by atoms with Crippen LogP contribution in [0, 0.1) is 0 Å². The normalized spacial score (nSPS) is 13.3. The van der Waals surface area contributed by atoms with Gasteiger partial charge in [0.25, 0.3) is 5.40 Å². The van der Waals surface area contributed by atoms with Crippen molar-refractivity contribution in [3.63, 3.8) is 0 Å². The summed E-state index contributed by atoms with van der Waals surface area (Å²) in [7, 11) is -5.63. The van der Waals surface area contributed by atoms with Gasteiger partial charge in [0.1, 0.15) is 0 Å². The molecular weight excluding hydrogens is 406 g/mol. The van der Waals surface area contributed by atoms with Crippen molar-refractivity contribution in [1.29, 1.82) is 0 Å². The Bertz CT molecular complexity index is 783. The van der Waals surface area contributed by atoms with Gasteiger partial charge in [-0.2, -0.15) is 0 Å². The van der Waals surface area contributed by atoms with Crippen molar-refractivity contribution in [2.45, 2.75) is 45.4 Å². The topological polar surface area (TPSA) is 61.8 Å². The second-order valence-corrected chi connectivity index (χ2v) is 10.6. The van der Waals surface area contributed by atoms with Gasteiger partial charge in [-0.3, -0.25) is 4.57 Å². The molecule has 2 aromatic rings. The summed E-state index contributed by atoms with van der Waals surface area (Å²) in [5, 5.41) is -0.749. The minimum Gasteiger partial charge on any atom is -0.306 e. The zero-order valence-electron chi connectivity index (χ0n) is 17.5. The minimum atomic E-state index is -3.49. The molecule has 7 heteroatoms. The van der Waals surface area contributed by atoms with Crippen molar-refractivity contribution in [3.05, 3.63) is 60.2 Å². The summed E-state index contributed by atoms with van der Waals surface area (Å²) in [5.41, 5.74) is 3.53. The van der Waals surface area contributed by atoms with E-state index in [2.05, 4.69) is 36.4 Å². The zero-order chi connectivity index (χ0) is 21.1. The van der Waals surface area contributed by atoms with Crippen LogP contribution < -0.4 is 0 Å². The van der Waals surface area contributed by atoms with Crippen molar-refractivity contribution in [2.24, 2.45) is 0 Å². The molecular formula is C22H31O5P2+. The van der Waals surface area contributed by atoms with E-state index in [4.69, 9.17) is 13.6 Å². The van der Waals surface area contributed by atoms with E-state index < -0.39 is 21.0 Å². The quantitative estimate of drug-likeness (QED) is 0.314. The van der Waals surface area contributed by atoms with Crippen LogP contribution in [0.25, 0.3) is 11.1 Å². The van der Waals surface area contributed by atoms with Crippen molar-refractivity contribution in [2.75, 3.05) is 19.8 Å². The van der Waals surface area contributed by atoms with E-state index in [-0.39, 0.29) is 13.2 Å². The van der Waals surface area contributed by atoms with Crippen LogP contribution in [0.1, 0.15) is 39.2 Å². The molecule has 2 aromatic carbocycles. The number of hydrogen-bond acceptors (Lipinski definition) is 5. The smallest absolute Gasteiger partial charge is 0.306 e. The lowest BCUT2D eigenvalue weighted by atomic mass is 10.0. The molecule has 2 unspecified atom stereocenters. The molecule has 0 aliphatic carbocycles. The minimum absolute atomic E-state index is 0.240. The molecule has 5 nitrogen and oxygen atoms in total. The van der Waals surface area contributed by atoms with Crippen molar-refractivity contribution in [1.82, 2.24) is 0 Å². The maximum atomic E-state index is 13.2. The molecule has 0 spiro atoms. The van der Waals surface area contributed by atoms with E-state index in [0.29, 0.717) is 19.4 Å². The molecule has 0 saturated carbocycles. The Kier molecular flexibility index (Phi) is 10.2. The molecule has 0 heterocycles. The van der Waals surface area contributed by atoms with E-state index in [9.17, 15) is 9.13 Å². The first-order valence-electron chi connectivity index (χ1n) is 10.2. The molecule has 2 atom stereocenters. The first kappa shape index (κ1) is 23.9. The summed E-state index contributed by atoms with van der Waals surface area (Å²) in [6, 6.07) is 18.6. The lowest BCUT2D eigenvalue weighted by molar-refractivity contribution is 0.214. The van der Waals surface area contributed by atoms with Crippen LogP contribution >= 0.6 is 15.6 Å². The molecule has 158 valence electrons. The zero-order valence-corrected chi connectivity index (χ0v) is 19.2. The van der Waals surface area contributed by atoms with E-state index in [0.717, 1.165) is 6.42 Å². The fourth-order valence-corrected chi connectivity index (χ4v) is 7.13. The third-order valence-electron chi connectivity index (χ3n) is 4.47. The van der Waals surface area contributed by atoms with Gasteiger partial charge < -0.3 is 9.05 Å². The lowest BCUT2D eigenvalue weighted by Gasteiger charge is -2.19. The Balaban J connectivity index is 2.03. The molecule has 0 aliphatic heterocycles. The summed E-state index contributed by atoms with van der Waals surface area (Å²) in [6.07, 6.45) is 1.96. The largest absolute Gasteiger partial charge is 0.524 e. The molecule has 0 aliphatic rings. The van der Waals surface area contributed by atoms with Crippen LogP contribution in [0.2, 0.25) is 0 Å². The predicted octanol–water partition coefficient (Wildman–Crippen LogP) is 7.05. The Labute approximate surface area is 175 Å². The third kappa shape index (κ3) is 7.13. The fraction of sp³-hybridized carbons (Fsp3) is 0.455. The van der Waals surface area contributed by atoms with Gasteiger partial charge >= 0.3 is 15.6 Å². The molecule has 2 rings (SSSR count). The van der Waals surface area contributed by atoms with E-state index in [1.807, 2.05) is 18.2 Å². The van der Waals surface area contributed by atoms with Crippen molar-refractivity contribution < 1.29 is 22.7 Å². The van der Waals surface area contributed by atoms with Gasteiger partial charge in [0.15, 0.2) is 0 Å². The molecule has 0 bridgehead atoms. The third-order valence-corrected chi connectivity index (χ3v) is 9.37. The second kappa shape index (κ2) is 12.4. The molecule has 0 radical (unpaired) electrons. The Morgan fingerprint density at radius 1 is 0.862 bits per heavy atom. The van der Waals surface area contributed by atoms with E-state index >= 15 is 0 Å². The average molecular weight is 437 g/mol. The van der Waals surface area contributed by atoms with Gasteiger partial charge in [-0.25, -0.2) is 0 Å². The SMILES string of the molecule is CCO[P+](=O)C(CCCc1ccc(-c2ccccc2)cc1)P(=O)(OCC)OCC. The van der Waals surface area contributed by atoms with Crippen LogP contribution in [0.15, 0.2) is 54.6 Å². The van der Waals surface area contributed by atoms with Crippen LogP contribution in [0.3, 0.4) is 0 Å². The Morgan fingerprint density at radius 3 is 2.00 bits per heavy atom. The predicted molar refractivity (Wildman–Crippen MR) is 119 cm³/mol. The molecule has 29 heavy (non-hydrogen) atoms. The summed E-state index contributed by atoms with van der Waals surface area (Å²) < 4.78 is 41.9. The highest BCUT2D eigenvalue weighted by Gasteiger charge is 2.50. The number of rotatable bonds is 13. The van der Waals surface area contributed by atoms with Gasteiger partial charge in [0.05, 0.1) is 19.8 Å². The first-order chi connectivity index (χ1) is 14.0. The number of aryl methyl sites for hydroxylation is 1. The highest BCUT2D eigenvalue weighted by Crippen LogP contribution is 2.63. The lowest BCUT2D eigenvalue weighted by Crippen LogP contribution is -2.11. The molecule has 0 amide bonds. The maximum Gasteiger partial charge on any atom is 0.524 e. The average Bonchev–Trinajstić information content (AvgIpc) is 2.72. The molecule has 0 fully saturated rings. The van der Waals surface area contributed by atoms with Crippen LogP contribution in [0.4, 0.5) is 0 Å². The van der Waals surface area contributed by atoms with E-state index in [1.165, 1.54) is 16.7 Å². The van der Waals surface area contributed by atoms with Gasteiger partial charge in [-0.1, -0.05) is 54.6 Å². The standard InChI is InChI=1S/C22H31O5P2/c1-4-25-28(23)22(29(24,26-5-2)27-6-3)14-10-11-19-15-17-21(18-16-19)20-12-8-7-9-13-20/h7-9,12-13,15-18,22H,4-6,10-11,14H2,1-3H3/q+1. The molecule has 0 saturated heterocycles. The fourth-order valence-electron chi connectivity index (χ4n) is 3.14. The van der Waals surface area contributed by atoms with Gasteiger partial charge in [-0.15, -0.1) is 4.52 Å². The molecule has 0 aromatic heterocycles. The second-order valence-electron chi connectivity index (χ2n) is 6.51. The number of benzene rings is 2. The van der Waals surface area contributed by atoms with Crippen LogP contribution in [-0.4, -0.2) is 25.2 Å². The summed E-state index contributed by atoms with van der Waals surface area (Å²) in [4.78, 5) is 0. The van der Waals surface area contributed by atoms with Gasteiger partial charge in [0.2, 0.25) is 0 Å². The highest BCUT2D eigenvalue weighted by atomic mass is 31.2. The van der Waals surface area contributed by atoms with Crippen LogP contribution in [-0.2, 0) is 29.1 Å². The Hall–Kier alpha value is -1.35. The monoisotopic (exact) mass is 437 g/mol. The van der Waals surface area contributed by atoms with Gasteiger partial charge in [0, 0.05) is 6.42 Å². The molecule has 0 N–H and O–H groups in total. The van der Waals surface area contributed by atoms with Crippen molar-refractivity contribution >= 4 is 15.6 Å². The first-order valence-corrected chi connectivity index (χ1v) is 13.0.